The summed E-state index contributed by atoms with van der Waals surface area (Å²) in [5.41, 5.74) is 5.65. The summed E-state index contributed by atoms with van der Waals surface area (Å²) in [5, 5.41) is 9.57. The molecule has 0 aromatic rings. The highest BCUT2D eigenvalue weighted by Crippen LogP contribution is 2.22. The summed E-state index contributed by atoms with van der Waals surface area (Å²) in [6, 6.07) is 0. The molecule has 0 saturated heterocycles. The first-order valence-electron chi connectivity index (χ1n) is 5.40. The topological polar surface area (TPSA) is 46.2 Å². The molecule has 0 heterocycles. The van der Waals surface area contributed by atoms with E-state index in [1.54, 1.807) is 0 Å². The first-order chi connectivity index (χ1) is 5.93. The van der Waals surface area contributed by atoms with E-state index in [9.17, 15) is 5.11 Å². The van der Waals surface area contributed by atoms with Crippen LogP contribution in [0.1, 0.15) is 54.4 Å². The lowest BCUT2D eigenvalue weighted by molar-refractivity contribution is 0.0640. The third kappa shape index (κ3) is 6.05. The van der Waals surface area contributed by atoms with Crippen LogP contribution in [0.4, 0.5) is 0 Å². The Labute approximate surface area is 83.5 Å². The van der Waals surface area contributed by atoms with Crippen molar-refractivity contribution in [2.45, 2.75) is 66.0 Å². The van der Waals surface area contributed by atoms with E-state index < -0.39 is 0 Å². The first-order valence-corrected chi connectivity index (χ1v) is 5.40. The molecule has 0 aliphatic carbocycles. The van der Waals surface area contributed by atoms with E-state index in [2.05, 4.69) is 6.92 Å². The Kier molecular flexibility index (Phi) is 8.69. The summed E-state index contributed by atoms with van der Waals surface area (Å²) < 4.78 is 0. The molecule has 13 heavy (non-hydrogen) atoms. The summed E-state index contributed by atoms with van der Waals surface area (Å²) in [7, 11) is 0. The maximum atomic E-state index is 9.57. The van der Waals surface area contributed by atoms with Crippen LogP contribution in [0.15, 0.2) is 0 Å². The minimum atomic E-state index is -0.260. The van der Waals surface area contributed by atoms with Crippen molar-refractivity contribution in [3.05, 3.63) is 0 Å². The van der Waals surface area contributed by atoms with Crippen molar-refractivity contribution in [2.24, 2.45) is 11.7 Å². The van der Waals surface area contributed by atoms with Crippen LogP contribution in [0.25, 0.3) is 0 Å². The lowest BCUT2D eigenvalue weighted by Crippen LogP contribution is -2.46. The molecule has 2 atom stereocenters. The molecule has 0 rings (SSSR count). The molecule has 2 unspecified atom stereocenters. The minimum Gasteiger partial charge on any atom is -0.393 e. The fourth-order valence-electron chi connectivity index (χ4n) is 1.58. The number of hydrogen-bond acceptors (Lipinski definition) is 2. The van der Waals surface area contributed by atoms with Gasteiger partial charge in [-0.15, -0.1) is 0 Å². The zero-order valence-electron chi connectivity index (χ0n) is 10.1. The van der Waals surface area contributed by atoms with Gasteiger partial charge in [0, 0.05) is 11.5 Å². The van der Waals surface area contributed by atoms with Crippen molar-refractivity contribution < 1.29 is 5.11 Å². The van der Waals surface area contributed by atoms with Gasteiger partial charge in [-0.2, -0.15) is 0 Å². The summed E-state index contributed by atoms with van der Waals surface area (Å²) >= 11 is 0. The molecule has 0 saturated carbocycles. The number of nitrogens with two attached hydrogens (primary N) is 1. The molecular weight excluding hydrogens is 162 g/mol. The van der Waals surface area contributed by atoms with Gasteiger partial charge in [0.1, 0.15) is 0 Å². The van der Waals surface area contributed by atoms with E-state index in [1.165, 1.54) is 0 Å². The summed E-state index contributed by atoms with van der Waals surface area (Å²) in [5.74, 6) is 0.215. The third-order valence-corrected chi connectivity index (χ3v) is 2.28. The molecule has 0 radical (unpaired) electrons. The lowest BCUT2D eigenvalue weighted by Gasteiger charge is -2.33. The van der Waals surface area contributed by atoms with Crippen molar-refractivity contribution in [1.29, 1.82) is 0 Å². The second-order valence-corrected chi connectivity index (χ2v) is 3.81. The molecule has 0 aromatic heterocycles. The Hall–Kier alpha value is -0.0800. The highest BCUT2D eigenvalue weighted by Gasteiger charge is 2.28. The molecule has 0 amide bonds. The lowest BCUT2D eigenvalue weighted by atomic mass is 9.81. The average Bonchev–Trinajstić information content (AvgIpc) is 2.06. The molecule has 0 aromatic carbocycles. The van der Waals surface area contributed by atoms with Crippen molar-refractivity contribution in [2.75, 3.05) is 0 Å². The minimum absolute atomic E-state index is 0.215. The van der Waals surface area contributed by atoms with Crippen molar-refractivity contribution in [1.82, 2.24) is 0 Å². The Bertz CT molecular complexity index is 107. The molecule has 0 fully saturated rings. The monoisotopic (exact) mass is 189 g/mol. The van der Waals surface area contributed by atoms with Crippen LogP contribution in [-0.4, -0.2) is 16.7 Å². The highest BCUT2D eigenvalue weighted by molar-refractivity contribution is 4.85. The van der Waals surface area contributed by atoms with Gasteiger partial charge >= 0.3 is 0 Å². The second-order valence-electron chi connectivity index (χ2n) is 3.81. The molecule has 0 aliphatic rings. The van der Waals surface area contributed by atoms with Crippen LogP contribution in [-0.2, 0) is 0 Å². The maximum Gasteiger partial charge on any atom is 0.0583 e. The van der Waals surface area contributed by atoms with Crippen LogP contribution >= 0.6 is 0 Å². The normalized spacial score (nSPS) is 15.7. The molecule has 3 N–H and O–H groups in total. The molecule has 82 valence electrons. The molecule has 2 heteroatoms. The van der Waals surface area contributed by atoms with Gasteiger partial charge in [0.15, 0.2) is 0 Å². The number of aliphatic hydroxyl groups is 1. The molecule has 2 nitrogen and oxygen atoms in total. The smallest absolute Gasteiger partial charge is 0.0583 e. The van der Waals surface area contributed by atoms with E-state index >= 15 is 0 Å². The molecule has 0 spiro atoms. The SMILES string of the molecule is CC.CCC(O)C(CC)C(C)(C)N. The Morgan fingerprint density at radius 1 is 1.15 bits per heavy atom. The molecule has 0 bridgehead atoms. The maximum absolute atomic E-state index is 9.57. The zero-order valence-corrected chi connectivity index (χ0v) is 10.1. The fraction of sp³-hybridized carbons (Fsp3) is 1.00. The first kappa shape index (κ1) is 15.4. The van der Waals surface area contributed by atoms with E-state index in [1.807, 2.05) is 34.6 Å². The van der Waals surface area contributed by atoms with E-state index in [0.717, 1.165) is 12.8 Å². The predicted molar refractivity (Wildman–Crippen MR) is 59.7 cm³/mol. The van der Waals surface area contributed by atoms with Crippen LogP contribution in [0.3, 0.4) is 0 Å². The van der Waals surface area contributed by atoms with Crippen molar-refractivity contribution in [3.63, 3.8) is 0 Å². The number of aliphatic hydroxyl groups excluding tert-OH is 1. The highest BCUT2D eigenvalue weighted by atomic mass is 16.3. The van der Waals surface area contributed by atoms with E-state index in [4.69, 9.17) is 5.73 Å². The second kappa shape index (κ2) is 7.34. The number of hydrogen-bond donors (Lipinski definition) is 2. The molecule has 0 aliphatic heterocycles. The van der Waals surface area contributed by atoms with Gasteiger partial charge < -0.3 is 10.8 Å². The Morgan fingerprint density at radius 2 is 1.54 bits per heavy atom. The molecular formula is C11H27NO. The van der Waals surface area contributed by atoms with Crippen molar-refractivity contribution >= 4 is 0 Å². The van der Waals surface area contributed by atoms with Gasteiger partial charge in [-0.25, -0.2) is 0 Å². The van der Waals surface area contributed by atoms with Crippen LogP contribution in [0, 0.1) is 5.92 Å². The zero-order chi connectivity index (χ0) is 11.1. The standard InChI is InChI=1S/C9H21NO.C2H6/c1-5-7(8(11)6-2)9(3,4)10;1-2/h7-8,11H,5-6,10H2,1-4H3;1-2H3. The van der Waals surface area contributed by atoms with Gasteiger partial charge in [0.25, 0.3) is 0 Å². The fourth-order valence-corrected chi connectivity index (χ4v) is 1.58. The van der Waals surface area contributed by atoms with Gasteiger partial charge in [-0.3, -0.25) is 0 Å². The number of rotatable bonds is 4. The van der Waals surface area contributed by atoms with E-state index in [-0.39, 0.29) is 17.6 Å². The van der Waals surface area contributed by atoms with Crippen LogP contribution in [0.5, 0.6) is 0 Å². The van der Waals surface area contributed by atoms with E-state index in [0.29, 0.717) is 0 Å². The van der Waals surface area contributed by atoms with Crippen LogP contribution in [0.2, 0.25) is 0 Å². The summed E-state index contributed by atoms with van der Waals surface area (Å²) in [4.78, 5) is 0. The van der Waals surface area contributed by atoms with Gasteiger partial charge in [-0.1, -0.05) is 27.7 Å². The third-order valence-electron chi connectivity index (χ3n) is 2.28. The largest absolute Gasteiger partial charge is 0.393 e. The van der Waals surface area contributed by atoms with Gasteiger partial charge in [-0.05, 0) is 26.7 Å². The Morgan fingerprint density at radius 3 is 1.62 bits per heavy atom. The summed E-state index contributed by atoms with van der Waals surface area (Å²) in [6.45, 7) is 12.0. The van der Waals surface area contributed by atoms with Gasteiger partial charge in [0.05, 0.1) is 6.10 Å². The Balaban J connectivity index is 0. The predicted octanol–water partition coefficient (Wildman–Crippen LogP) is 2.55. The quantitative estimate of drug-likeness (QED) is 0.714. The van der Waals surface area contributed by atoms with Crippen LogP contribution < -0.4 is 5.73 Å². The summed E-state index contributed by atoms with van der Waals surface area (Å²) in [6.07, 6.45) is 1.48. The average molecular weight is 189 g/mol. The van der Waals surface area contributed by atoms with Crippen molar-refractivity contribution in [3.8, 4) is 0 Å². The van der Waals surface area contributed by atoms with Gasteiger partial charge in [0.2, 0.25) is 0 Å².